The monoisotopic (exact) mass is 894 g/mol. The predicted octanol–water partition coefficient (Wildman–Crippen LogP) is 3.01. The van der Waals surface area contributed by atoms with Crippen molar-refractivity contribution in [2.75, 3.05) is 45.8 Å². The van der Waals surface area contributed by atoms with Gasteiger partial charge >= 0.3 is 5.97 Å². The summed E-state index contributed by atoms with van der Waals surface area (Å²) in [5.41, 5.74) is 1.27. The number of aliphatic hydroxyl groups is 5. The third-order valence-electron chi connectivity index (χ3n) is 13.4. The molecule has 0 aromatic heterocycles. The van der Waals surface area contributed by atoms with Gasteiger partial charge in [-0.05, 0) is 109 Å². The number of amides is 1. The molecule has 1 saturated carbocycles. The number of carbonyl (C=O) groups is 5. The number of thioether (sulfide) groups is 1. The van der Waals surface area contributed by atoms with Crippen LogP contribution < -0.4 is 0 Å². The van der Waals surface area contributed by atoms with Crippen molar-refractivity contribution < 1.29 is 63.7 Å². The summed E-state index contributed by atoms with van der Waals surface area (Å²) >= 11 is 1.78. The molecule has 0 unspecified atom stereocenters. The van der Waals surface area contributed by atoms with E-state index >= 15 is 0 Å². The molecule has 3 fully saturated rings. The average molecular weight is 895 g/mol. The summed E-state index contributed by atoms with van der Waals surface area (Å²) in [7, 11) is 5.56. The molecule has 0 aromatic carbocycles. The number of esters is 1. The molecule has 0 radical (unpaired) electrons. The van der Waals surface area contributed by atoms with Gasteiger partial charge in [-0.15, -0.1) is 0 Å². The fourth-order valence-corrected chi connectivity index (χ4v) is 10.6. The number of rotatable bonds is 11. The molecule has 2 bridgehead atoms. The molecule has 15 nitrogen and oxygen atoms in total. The van der Waals surface area contributed by atoms with Crippen molar-refractivity contribution in [3.63, 3.8) is 0 Å². The van der Waals surface area contributed by atoms with E-state index in [0.29, 0.717) is 62.4 Å². The SMILES string of the molecule is CO[C@@H]1C[C@H](/C=C(\C)[C@H]2OC(=O)[C@@H]3CCCCN3C(=O)C(=O)[C@]3(O)O[C@H]([C@@H](O)C[C@@H](O)C/C(C)=C/[C@@H](CCCSCCN(C)C)C(=O)C[C@H](O)[C@H]2C)[C@@H](C=O)C[C@H]3C)CC[C@H]1O. The second-order valence-corrected chi connectivity index (χ2v) is 19.9. The highest BCUT2D eigenvalue weighted by atomic mass is 32.2. The first-order valence-corrected chi connectivity index (χ1v) is 23.7. The number of hydrogen-bond acceptors (Lipinski definition) is 15. The Labute approximate surface area is 372 Å². The van der Waals surface area contributed by atoms with Crippen LogP contribution in [0.25, 0.3) is 0 Å². The Morgan fingerprint density at radius 1 is 0.984 bits per heavy atom. The van der Waals surface area contributed by atoms with Crippen LogP contribution in [0.4, 0.5) is 0 Å². The predicted molar refractivity (Wildman–Crippen MR) is 234 cm³/mol. The van der Waals surface area contributed by atoms with Gasteiger partial charge in [0.25, 0.3) is 11.7 Å². The Morgan fingerprint density at radius 3 is 2.39 bits per heavy atom. The number of carbonyl (C=O) groups excluding carboxylic acids is 5. The maximum atomic E-state index is 14.4. The van der Waals surface area contributed by atoms with Crippen molar-refractivity contribution >= 4 is 41.5 Å². The summed E-state index contributed by atoms with van der Waals surface area (Å²) in [5, 5.41) is 56.7. The third-order valence-corrected chi connectivity index (χ3v) is 14.4. The molecule has 4 rings (SSSR count). The van der Waals surface area contributed by atoms with Crippen LogP contribution in [-0.4, -0.2) is 165 Å². The van der Waals surface area contributed by atoms with E-state index in [0.717, 1.165) is 23.0 Å². The molecular weight excluding hydrogens is 821 g/mol. The largest absolute Gasteiger partial charge is 0.456 e. The zero-order chi connectivity index (χ0) is 45.9. The summed E-state index contributed by atoms with van der Waals surface area (Å²) in [4.78, 5) is 72.2. The first-order valence-electron chi connectivity index (χ1n) is 22.6. The van der Waals surface area contributed by atoms with Crippen LogP contribution in [0.2, 0.25) is 0 Å². The number of cyclic esters (lactones) is 1. The molecule has 16 heteroatoms. The molecule has 4 aliphatic rings. The maximum absolute atomic E-state index is 14.4. The number of Topliss-reactive ketones (excluding diaryl/α,β-unsaturated/α-hetero) is 2. The Kier molecular flexibility index (Phi) is 20.3. The quantitative estimate of drug-likeness (QED) is 0.0662. The molecule has 352 valence electrons. The van der Waals surface area contributed by atoms with Gasteiger partial charge in [-0.25, -0.2) is 4.79 Å². The third kappa shape index (κ3) is 13.7. The molecule has 1 aliphatic carbocycles. The molecule has 3 heterocycles. The minimum absolute atomic E-state index is 0.000876. The lowest BCUT2D eigenvalue weighted by Crippen LogP contribution is -2.63. The van der Waals surface area contributed by atoms with Gasteiger partial charge in [0, 0.05) is 62.5 Å². The van der Waals surface area contributed by atoms with Crippen molar-refractivity contribution in [2.24, 2.45) is 29.6 Å². The Morgan fingerprint density at radius 2 is 1.71 bits per heavy atom. The number of aliphatic hydroxyl groups excluding tert-OH is 4. The fourth-order valence-electron chi connectivity index (χ4n) is 9.54. The van der Waals surface area contributed by atoms with Gasteiger partial charge in [0.15, 0.2) is 0 Å². The summed E-state index contributed by atoms with van der Waals surface area (Å²) in [6.07, 6.45) is 0.285. The van der Waals surface area contributed by atoms with Crippen LogP contribution in [0.15, 0.2) is 23.3 Å². The molecule has 1 amide bonds. The van der Waals surface area contributed by atoms with Crippen LogP contribution >= 0.6 is 11.8 Å². The van der Waals surface area contributed by atoms with E-state index in [-0.39, 0.29) is 50.4 Å². The Hall–Kier alpha value is -2.54. The number of methoxy groups -OCH3 is 1. The van der Waals surface area contributed by atoms with Crippen LogP contribution in [-0.2, 0) is 38.2 Å². The van der Waals surface area contributed by atoms with Gasteiger partial charge < -0.3 is 54.3 Å². The Bertz CT molecular complexity index is 1590. The molecule has 0 spiro atoms. The minimum atomic E-state index is -2.75. The van der Waals surface area contributed by atoms with E-state index in [1.807, 2.05) is 20.2 Å². The summed E-state index contributed by atoms with van der Waals surface area (Å²) in [5.74, 6) is -8.05. The second kappa shape index (κ2) is 24.1. The molecular formula is C46H74N2O13S. The number of aldehydes is 1. The number of ether oxygens (including phenoxy) is 3. The molecule has 2 saturated heterocycles. The molecule has 3 aliphatic heterocycles. The number of ketones is 2. The van der Waals surface area contributed by atoms with Gasteiger partial charge in [0.2, 0.25) is 5.79 Å². The van der Waals surface area contributed by atoms with Crippen molar-refractivity contribution in [3.05, 3.63) is 23.3 Å². The molecule has 14 atom stereocenters. The van der Waals surface area contributed by atoms with Gasteiger partial charge in [-0.2, -0.15) is 11.8 Å². The first-order chi connectivity index (χ1) is 29.3. The van der Waals surface area contributed by atoms with Crippen molar-refractivity contribution in [1.29, 1.82) is 0 Å². The number of allylic oxidation sites excluding steroid dienone is 2. The lowest BCUT2D eigenvalue weighted by molar-refractivity contribution is -0.286. The summed E-state index contributed by atoms with van der Waals surface area (Å²) in [6, 6.07) is -1.23. The Balaban J connectivity index is 1.74. The number of piperidine rings is 1. The van der Waals surface area contributed by atoms with E-state index in [2.05, 4.69) is 4.90 Å². The van der Waals surface area contributed by atoms with Crippen LogP contribution in [0, 0.1) is 29.6 Å². The van der Waals surface area contributed by atoms with E-state index in [1.54, 1.807) is 45.7 Å². The number of fused-ring (bicyclic) bond motifs is 3. The lowest BCUT2D eigenvalue weighted by Gasteiger charge is -2.45. The molecule has 62 heavy (non-hydrogen) atoms. The van der Waals surface area contributed by atoms with Crippen LogP contribution in [0.1, 0.15) is 105 Å². The van der Waals surface area contributed by atoms with Gasteiger partial charge in [0.05, 0.1) is 36.6 Å². The van der Waals surface area contributed by atoms with Crippen LogP contribution in [0.3, 0.4) is 0 Å². The lowest BCUT2D eigenvalue weighted by atomic mass is 9.79. The fraction of sp³-hybridized carbons (Fsp3) is 0.804. The number of nitrogens with zero attached hydrogens (tertiary/aromatic N) is 2. The maximum Gasteiger partial charge on any atom is 0.329 e. The minimum Gasteiger partial charge on any atom is -0.456 e. The average Bonchev–Trinajstić information content (AvgIpc) is 3.23. The topological polar surface area (TPSA) is 221 Å². The first kappa shape index (κ1) is 52.1. The summed E-state index contributed by atoms with van der Waals surface area (Å²) in [6.45, 7) is 7.64. The van der Waals surface area contributed by atoms with Crippen LogP contribution in [0.5, 0.6) is 0 Å². The zero-order valence-corrected chi connectivity index (χ0v) is 38.7. The van der Waals surface area contributed by atoms with Gasteiger partial charge in [-0.3, -0.25) is 14.4 Å². The highest BCUT2D eigenvalue weighted by Gasteiger charge is 2.56. The van der Waals surface area contributed by atoms with E-state index in [1.165, 1.54) is 6.92 Å². The smallest absolute Gasteiger partial charge is 0.329 e. The van der Waals surface area contributed by atoms with Crippen molar-refractivity contribution in [3.8, 4) is 0 Å². The van der Waals surface area contributed by atoms with Crippen molar-refractivity contribution in [2.45, 2.75) is 159 Å². The van der Waals surface area contributed by atoms with E-state index in [9.17, 15) is 49.5 Å². The number of hydrogen-bond donors (Lipinski definition) is 5. The zero-order valence-electron chi connectivity index (χ0n) is 37.9. The molecule has 0 aromatic rings. The van der Waals surface area contributed by atoms with E-state index in [4.69, 9.17) is 14.2 Å². The highest BCUT2D eigenvalue weighted by molar-refractivity contribution is 7.99. The normalized spacial score (nSPS) is 38.7. The highest BCUT2D eigenvalue weighted by Crippen LogP contribution is 2.39. The standard InChI is InChI=1S/C46H74N2O13S/c1-27-19-32(11-10-17-62-18-16-47(5)6)38(53)25-37(52)30(4)41(28(2)21-31-13-14-36(51)40(23-31)59-7)60-45(57)35-12-8-9-15-48(35)44(56)43(55)46(58)29(3)22-33(26-49)42(61-46)39(54)24-34(50)20-27/h19,21,26,29-37,39-42,50-52,54,58H,8-18,20,22-25H2,1-7H3/b27-19+,28-21+/t29-,30-,31+,32-,33-,34+,35+,36-,37+,39+,40-,41-,42+,46-/m1/s1. The second-order valence-electron chi connectivity index (χ2n) is 18.7. The van der Waals surface area contributed by atoms with E-state index < -0.39 is 95.9 Å². The molecule has 5 N–H and O–H groups in total. The van der Waals surface area contributed by atoms with Gasteiger partial charge in [-0.1, -0.05) is 31.6 Å². The van der Waals surface area contributed by atoms with Crippen molar-refractivity contribution in [1.82, 2.24) is 9.80 Å². The van der Waals surface area contributed by atoms with Gasteiger partial charge in [0.1, 0.15) is 24.2 Å². The summed E-state index contributed by atoms with van der Waals surface area (Å²) < 4.78 is 17.7.